The summed E-state index contributed by atoms with van der Waals surface area (Å²) in [4.78, 5) is 6.92. The Bertz CT molecular complexity index is 846. The second kappa shape index (κ2) is 9.49. The molecule has 1 saturated heterocycles. The predicted molar refractivity (Wildman–Crippen MR) is 112 cm³/mol. The third-order valence-corrected chi connectivity index (χ3v) is 5.16. The van der Waals surface area contributed by atoms with Crippen LogP contribution in [0.25, 0.3) is 0 Å². The van der Waals surface area contributed by atoms with E-state index in [4.69, 9.17) is 4.74 Å². The van der Waals surface area contributed by atoms with Gasteiger partial charge in [0.05, 0.1) is 6.04 Å². The van der Waals surface area contributed by atoms with Crippen LogP contribution in [0.15, 0.2) is 79.1 Å². The highest BCUT2D eigenvalue weighted by Crippen LogP contribution is 2.31. The molecule has 0 radical (unpaired) electrons. The molecule has 0 spiro atoms. The average Bonchev–Trinajstić information content (AvgIpc) is 3.04. The number of hydrogen-bond donors (Lipinski definition) is 1. The van der Waals surface area contributed by atoms with Crippen LogP contribution >= 0.6 is 0 Å². The molecule has 1 aliphatic rings. The maximum Gasteiger partial charge on any atom is 0.120 e. The zero-order valence-electron chi connectivity index (χ0n) is 16.1. The van der Waals surface area contributed by atoms with Crippen molar-refractivity contribution in [3.05, 3.63) is 95.8 Å². The Morgan fingerprint density at radius 2 is 1.82 bits per heavy atom. The Labute approximate surface area is 167 Å². The summed E-state index contributed by atoms with van der Waals surface area (Å²) in [5.41, 5.74) is 3.65. The van der Waals surface area contributed by atoms with Crippen molar-refractivity contribution in [3.63, 3.8) is 0 Å². The lowest BCUT2D eigenvalue weighted by Gasteiger charge is -2.31. The van der Waals surface area contributed by atoms with E-state index in [9.17, 15) is 0 Å². The lowest BCUT2D eigenvalue weighted by molar-refractivity contribution is 0.239. The van der Waals surface area contributed by atoms with Crippen LogP contribution in [0, 0.1) is 0 Å². The van der Waals surface area contributed by atoms with Crippen LogP contribution in [0.1, 0.15) is 29.2 Å². The summed E-state index contributed by atoms with van der Waals surface area (Å²) in [6, 6.07) is 23.2. The number of nitrogens with zero attached hydrogens (tertiary/aromatic N) is 2. The minimum absolute atomic E-state index is 0.189. The highest BCUT2D eigenvalue weighted by Gasteiger charge is 2.23. The van der Waals surface area contributed by atoms with Gasteiger partial charge in [0.15, 0.2) is 0 Å². The molecule has 4 nitrogen and oxygen atoms in total. The van der Waals surface area contributed by atoms with Crippen LogP contribution < -0.4 is 10.1 Å². The average molecular weight is 374 g/mol. The lowest BCUT2D eigenvalue weighted by Crippen LogP contribution is -2.33. The topological polar surface area (TPSA) is 37.4 Å². The van der Waals surface area contributed by atoms with Crippen molar-refractivity contribution in [2.24, 2.45) is 0 Å². The number of ether oxygens (including phenoxy) is 1. The van der Waals surface area contributed by atoms with Gasteiger partial charge in [0.1, 0.15) is 12.4 Å². The molecule has 4 rings (SSSR count). The van der Waals surface area contributed by atoms with Crippen LogP contribution in [-0.2, 0) is 6.61 Å². The molecular formula is C24H27N3O. The lowest BCUT2D eigenvalue weighted by atomic mass is 9.98. The number of pyridine rings is 1. The van der Waals surface area contributed by atoms with Gasteiger partial charge >= 0.3 is 0 Å². The predicted octanol–water partition coefficient (Wildman–Crippen LogP) is 4.05. The summed E-state index contributed by atoms with van der Waals surface area (Å²) >= 11 is 0. The first kappa shape index (κ1) is 18.7. The van der Waals surface area contributed by atoms with Crippen LogP contribution in [-0.4, -0.2) is 36.1 Å². The third-order valence-electron chi connectivity index (χ3n) is 5.16. The Kier molecular flexibility index (Phi) is 6.32. The first-order valence-electron chi connectivity index (χ1n) is 10.0. The van der Waals surface area contributed by atoms with Gasteiger partial charge in [-0.05, 0) is 47.9 Å². The fourth-order valence-electron chi connectivity index (χ4n) is 3.79. The van der Waals surface area contributed by atoms with Crippen LogP contribution in [0.4, 0.5) is 0 Å². The molecule has 1 aromatic heterocycles. The number of aromatic nitrogens is 1. The fraction of sp³-hybridized carbons (Fsp3) is 0.292. The van der Waals surface area contributed by atoms with Crippen LogP contribution in [0.2, 0.25) is 0 Å². The minimum Gasteiger partial charge on any atom is -0.489 e. The largest absolute Gasteiger partial charge is 0.489 e. The van der Waals surface area contributed by atoms with Gasteiger partial charge in [-0.3, -0.25) is 9.88 Å². The monoisotopic (exact) mass is 373 g/mol. The quantitative estimate of drug-likeness (QED) is 0.707. The zero-order chi connectivity index (χ0) is 19.0. The summed E-state index contributed by atoms with van der Waals surface area (Å²) < 4.78 is 6.08. The van der Waals surface area contributed by atoms with Crippen LogP contribution in [0.3, 0.4) is 0 Å². The molecular weight excluding hydrogens is 346 g/mol. The highest BCUT2D eigenvalue weighted by atomic mass is 16.5. The first-order chi connectivity index (χ1) is 13.9. The second-order valence-corrected chi connectivity index (χ2v) is 7.18. The molecule has 1 aliphatic heterocycles. The van der Waals surface area contributed by atoms with Crippen molar-refractivity contribution in [3.8, 4) is 5.75 Å². The Morgan fingerprint density at radius 1 is 0.929 bits per heavy atom. The molecule has 0 bridgehead atoms. The van der Waals surface area contributed by atoms with E-state index in [-0.39, 0.29) is 6.04 Å². The summed E-state index contributed by atoms with van der Waals surface area (Å²) in [6.07, 6.45) is 4.98. The molecule has 4 heteroatoms. The standard InChI is InChI=1S/C24H27N3O/c1-2-7-20(8-3-1)19-28-23-11-4-9-21(17-23)24(22-10-5-12-26-18-22)27-15-6-13-25-14-16-27/h1-5,7-12,17-18,24-25H,6,13-16,19H2. The third kappa shape index (κ3) is 4.77. The number of rotatable bonds is 6. The molecule has 2 aromatic carbocycles. The molecule has 3 aromatic rings. The van der Waals surface area contributed by atoms with Gasteiger partial charge in [0.2, 0.25) is 0 Å². The van der Waals surface area contributed by atoms with Crippen molar-refractivity contribution >= 4 is 0 Å². The van der Waals surface area contributed by atoms with Gasteiger partial charge in [0, 0.05) is 32.0 Å². The molecule has 28 heavy (non-hydrogen) atoms. The minimum atomic E-state index is 0.189. The van der Waals surface area contributed by atoms with E-state index in [2.05, 4.69) is 51.6 Å². The second-order valence-electron chi connectivity index (χ2n) is 7.18. The summed E-state index contributed by atoms with van der Waals surface area (Å²) in [6.45, 7) is 4.77. The van der Waals surface area contributed by atoms with E-state index in [0.717, 1.165) is 38.3 Å². The van der Waals surface area contributed by atoms with Crippen LogP contribution in [0.5, 0.6) is 5.75 Å². The van der Waals surface area contributed by atoms with Crippen molar-refractivity contribution in [1.29, 1.82) is 0 Å². The van der Waals surface area contributed by atoms with E-state index in [1.807, 2.05) is 42.7 Å². The van der Waals surface area contributed by atoms with Crippen molar-refractivity contribution < 1.29 is 4.74 Å². The number of nitrogens with one attached hydrogen (secondary N) is 1. The summed E-state index contributed by atoms with van der Waals surface area (Å²) in [5, 5.41) is 3.50. The zero-order valence-corrected chi connectivity index (χ0v) is 16.1. The molecule has 1 fully saturated rings. The SMILES string of the molecule is c1ccc(COc2cccc(C(c3cccnc3)N3CCCNCC3)c2)cc1. The smallest absolute Gasteiger partial charge is 0.120 e. The number of hydrogen-bond acceptors (Lipinski definition) is 4. The number of benzene rings is 2. The van der Waals surface area contributed by atoms with Gasteiger partial charge in [-0.25, -0.2) is 0 Å². The van der Waals surface area contributed by atoms with Gasteiger partial charge < -0.3 is 10.1 Å². The van der Waals surface area contributed by atoms with E-state index in [1.165, 1.54) is 16.7 Å². The Balaban J connectivity index is 1.59. The van der Waals surface area contributed by atoms with Gasteiger partial charge in [-0.2, -0.15) is 0 Å². The summed E-state index contributed by atoms with van der Waals surface area (Å²) in [5.74, 6) is 0.906. The molecule has 0 aliphatic carbocycles. The molecule has 2 heterocycles. The Morgan fingerprint density at radius 3 is 2.68 bits per heavy atom. The maximum absolute atomic E-state index is 6.08. The maximum atomic E-state index is 6.08. The molecule has 144 valence electrons. The Hall–Kier alpha value is -2.69. The molecule has 1 unspecified atom stereocenters. The normalized spacial score (nSPS) is 16.3. The van der Waals surface area contributed by atoms with Crippen molar-refractivity contribution in [1.82, 2.24) is 15.2 Å². The van der Waals surface area contributed by atoms with Gasteiger partial charge in [0.25, 0.3) is 0 Å². The van der Waals surface area contributed by atoms with Gasteiger partial charge in [-0.1, -0.05) is 48.5 Å². The highest BCUT2D eigenvalue weighted by molar-refractivity contribution is 5.36. The van der Waals surface area contributed by atoms with E-state index in [0.29, 0.717) is 6.61 Å². The van der Waals surface area contributed by atoms with Crippen molar-refractivity contribution in [2.45, 2.75) is 19.1 Å². The van der Waals surface area contributed by atoms with Gasteiger partial charge in [-0.15, -0.1) is 0 Å². The van der Waals surface area contributed by atoms with E-state index in [1.54, 1.807) is 0 Å². The van der Waals surface area contributed by atoms with E-state index < -0.39 is 0 Å². The summed E-state index contributed by atoms with van der Waals surface area (Å²) in [7, 11) is 0. The van der Waals surface area contributed by atoms with E-state index >= 15 is 0 Å². The molecule has 1 atom stereocenters. The first-order valence-corrected chi connectivity index (χ1v) is 10.0. The van der Waals surface area contributed by atoms with Crippen molar-refractivity contribution in [2.75, 3.05) is 26.2 Å². The molecule has 0 saturated carbocycles. The molecule has 1 N–H and O–H groups in total. The fourth-order valence-corrected chi connectivity index (χ4v) is 3.79. The molecule has 0 amide bonds.